The molecule has 3 aromatic heterocycles. The minimum absolute atomic E-state index is 0.272. The summed E-state index contributed by atoms with van der Waals surface area (Å²) in [6.45, 7) is 1.91. The van der Waals surface area contributed by atoms with Crippen molar-refractivity contribution in [2.45, 2.75) is 6.92 Å². The number of carbonyl (C=O) groups excluding carboxylic acids is 1. The molecule has 0 radical (unpaired) electrons. The van der Waals surface area contributed by atoms with Crippen LogP contribution in [0.1, 0.15) is 21.6 Å². The van der Waals surface area contributed by atoms with E-state index in [2.05, 4.69) is 21.6 Å². The van der Waals surface area contributed by atoms with E-state index < -0.39 is 0 Å². The fourth-order valence-corrected chi connectivity index (χ4v) is 3.84. The molecule has 0 aliphatic heterocycles. The van der Waals surface area contributed by atoms with Crippen molar-refractivity contribution in [1.82, 2.24) is 24.5 Å². The summed E-state index contributed by atoms with van der Waals surface area (Å²) >= 11 is 0. The number of pyridine rings is 1. The molecule has 0 unspecified atom stereocenters. The van der Waals surface area contributed by atoms with Gasteiger partial charge < -0.3 is 5.32 Å². The smallest absolute Gasteiger partial charge is 0.257 e. The second-order valence-corrected chi connectivity index (χ2v) is 7.59. The monoisotopic (exact) mass is 433 g/mol. The predicted octanol–water partition coefficient (Wildman–Crippen LogP) is 4.25. The third-order valence-electron chi connectivity index (χ3n) is 5.37. The molecule has 160 valence electrons. The average Bonchev–Trinajstić information content (AvgIpc) is 3.40. The number of benzene rings is 2. The predicted molar refractivity (Wildman–Crippen MR) is 125 cm³/mol. The topological polar surface area (TPSA) is 101 Å². The maximum Gasteiger partial charge on any atom is 0.257 e. The van der Waals surface area contributed by atoms with Crippen LogP contribution in [0.5, 0.6) is 0 Å². The van der Waals surface area contributed by atoms with Gasteiger partial charge in [-0.15, -0.1) is 0 Å². The number of para-hydroxylation sites is 2. The molecule has 0 fully saturated rings. The lowest BCUT2D eigenvalue weighted by Crippen LogP contribution is -2.17. The Morgan fingerprint density at radius 1 is 1.09 bits per heavy atom. The van der Waals surface area contributed by atoms with Crippen LogP contribution in [0, 0.1) is 18.3 Å². The van der Waals surface area contributed by atoms with E-state index >= 15 is 0 Å². The third kappa shape index (κ3) is 3.62. The van der Waals surface area contributed by atoms with E-state index in [1.54, 1.807) is 15.4 Å². The molecule has 0 saturated carbocycles. The first-order chi connectivity index (χ1) is 16.0. The number of hydrogen-bond donors (Lipinski definition) is 1. The number of aryl methyl sites for hydroxylation is 2. The van der Waals surface area contributed by atoms with E-state index in [0.29, 0.717) is 28.0 Å². The number of nitrogens with zero attached hydrogens (tertiary/aromatic N) is 6. The SMILES string of the molecule is Cc1nn(C)cc1-c1cc(C(=O)Nc2c(C#N)cnn2-c2ccccc2)c2ccccc2n1. The van der Waals surface area contributed by atoms with Gasteiger partial charge in [-0.3, -0.25) is 9.48 Å². The number of amides is 1. The Bertz CT molecular complexity index is 1540. The van der Waals surface area contributed by atoms with E-state index in [-0.39, 0.29) is 11.5 Å². The molecule has 1 N–H and O–H groups in total. The van der Waals surface area contributed by atoms with Crippen LogP contribution in [-0.4, -0.2) is 30.5 Å². The molecule has 33 heavy (non-hydrogen) atoms. The molecule has 5 rings (SSSR count). The van der Waals surface area contributed by atoms with Crippen molar-refractivity contribution in [3.63, 3.8) is 0 Å². The average molecular weight is 433 g/mol. The summed E-state index contributed by atoms with van der Waals surface area (Å²) < 4.78 is 3.27. The number of anilines is 1. The highest BCUT2D eigenvalue weighted by Crippen LogP contribution is 2.28. The molecule has 0 spiro atoms. The summed E-state index contributed by atoms with van der Waals surface area (Å²) in [5, 5.41) is 21.9. The van der Waals surface area contributed by atoms with Crippen molar-refractivity contribution in [3.8, 4) is 23.0 Å². The van der Waals surface area contributed by atoms with Crippen molar-refractivity contribution in [2.75, 3.05) is 5.32 Å². The molecule has 1 amide bonds. The van der Waals surface area contributed by atoms with Crippen molar-refractivity contribution in [1.29, 1.82) is 5.26 Å². The van der Waals surface area contributed by atoms with E-state index in [4.69, 9.17) is 4.98 Å². The normalized spacial score (nSPS) is 10.8. The second-order valence-electron chi connectivity index (χ2n) is 7.59. The van der Waals surface area contributed by atoms with Gasteiger partial charge in [-0.2, -0.15) is 15.5 Å². The largest absolute Gasteiger partial charge is 0.305 e. The van der Waals surface area contributed by atoms with Crippen LogP contribution in [0.15, 0.2) is 73.1 Å². The highest BCUT2D eigenvalue weighted by Gasteiger charge is 2.20. The van der Waals surface area contributed by atoms with Gasteiger partial charge in [-0.05, 0) is 31.2 Å². The van der Waals surface area contributed by atoms with Gasteiger partial charge in [0.25, 0.3) is 5.91 Å². The van der Waals surface area contributed by atoms with Crippen LogP contribution in [0.2, 0.25) is 0 Å². The summed E-state index contributed by atoms with van der Waals surface area (Å²) in [4.78, 5) is 18.3. The van der Waals surface area contributed by atoms with Gasteiger partial charge in [0.2, 0.25) is 0 Å². The van der Waals surface area contributed by atoms with Gasteiger partial charge in [0.1, 0.15) is 11.6 Å². The molecule has 8 heteroatoms. The second kappa shape index (κ2) is 8.05. The molecular formula is C25H19N7O. The Morgan fingerprint density at radius 2 is 1.85 bits per heavy atom. The van der Waals surface area contributed by atoms with Gasteiger partial charge in [0, 0.05) is 24.2 Å². The summed E-state index contributed by atoms with van der Waals surface area (Å²) in [6.07, 6.45) is 3.32. The zero-order valence-corrected chi connectivity index (χ0v) is 18.0. The number of carbonyl (C=O) groups is 1. The number of hydrogen-bond acceptors (Lipinski definition) is 5. The molecule has 8 nitrogen and oxygen atoms in total. The van der Waals surface area contributed by atoms with Gasteiger partial charge >= 0.3 is 0 Å². The zero-order chi connectivity index (χ0) is 22.9. The first kappa shape index (κ1) is 20.2. The van der Waals surface area contributed by atoms with Crippen LogP contribution in [-0.2, 0) is 7.05 Å². The quantitative estimate of drug-likeness (QED) is 0.456. The third-order valence-corrected chi connectivity index (χ3v) is 5.37. The summed E-state index contributed by atoms with van der Waals surface area (Å²) in [5.41, 5.74) is 4.48. The molecule has 0 aliphatic carbocycles. The van der Waals surface area contributed by atoms with E-state index in [1.165, 1.54) is 6.20 Å². The molecule has 2 aromatic carbocycles. The first-order valence-electron chi connectivity index (χ1n) is 10.3. The summed E-state index contributed by atoms with van der Waals surface area (Å²) in [7, 11) is 1.85. The van der Waals surface area contributed by atoms with Gasteiger partial charge in [0.05, 0.1) is 34.4 Å². The number of nitrogens with one attached hydrogen (secondary N) is 1. The number of fused-ring (bicyclic) bond motifs is 1. The molecule has 3 heterocycles. The highest BCUT2D eigenvalue weighted by molar-refractivity contribution is 6.13. The first-order valence-corrected chi connectivity index (χ1v) is 10.3. The van der Waals surface area contributed by atoms with Crippen molar-refractivity contribution in [3.05, 3.63) is 89.9 Å². The Morgan fingerprint density at radius 3 is 2.58 bits per heavy atom. The Hall–Kier alpha value is -4.77. The zero-order valence-electron chi connectivity index (χ0n) is 18.0. The molecule has 0 atom stereocenters. The lowest BCUT2D eigenvalue weighted by atomic mass is 10.0. The van der Waals surface area contributed by atoms with E-state index in [0.717, 1.165) is 16.9 Å². The number of rotatable bonds is 4. The van der Waals surface area contributed by atoms with Crippen LogP contribution >= 0.6 is 0 Å². The van der Waals surface area contributed by atoms with Crippen LogP contribution < -0.4 is 5.32 Å². The lowest BCUT2D eigenvalue weighted by Gasteiger charge is -2.12. The Balaban J connectivity index is 1.62. The van der Waals surface area contributed by atoms with Crippen molar-refractivity contribution < 1.29 is 4.79 Å². The Labute approximate surface area is 189 Å². The van der Waals surface area contributed by atoms with Crippen molar-refractivity contribution >= 4 is 22.6 Å². The standard InChI is InChI=1S/C25H19N7O/c1-16-21(15-31(2)30-16)23-12-20(19-10-6-7-11-22(19)28-23)25(33)29-24-17(13-26)14-27-32(24)18-8-4-3-5-9-18/h3-12,14-15H,1-2H3,(H,29,33). The number of aromatic nitrogens is 5. The summed E-state index contributed by atoms with van der Waals surface area (Å²) in [6, 6.07) is 20.7. The molecule has 0 saturated heterocycles. The maximum absolute atomic E-state index is 13.5. The van der Waals surface area contributed by atoms with E-state index in [1.807, 2.05) is 74.8 Å². The van der Waals surface area contributed by atoms with Crippen LogP contribution in [0.3, 0.4) is 0 Å². The molecule has 5 aromatic rings. The fraction of sp³-hybridized carbons (Fsp3) is 0.0800. The minimum Gasteiger partial charge on any atom is -0.305 e. The van der Waals surface area contributed by atoms with Crippen molar-refractivity contribution in [2.24, 2.45) is 7.05 Å². The van der Waals surface area contributed by atoms with E-state index in [9.17, 15) is 10.1 Å². The molecule has 0 bridgehead atoms. The highest BCUT2D eigenvalue weighted by atomic mass is 16.1. The summed E-state index contributed by atoms with van der Waals surface area (Å²) in [5.74, 6) is -0.0423. The number of nitriles is 1. The van der Waals surface area contributed by atoms with Gasteiger partial charge in [-0.25, -0.2) is 9.67 Å². The minimum atomic E-state index is -0.356. The molecule has 0 aliphatic rings. The van der Waals surface area contributed by atoms with Crippen LogP contribution in [0.4, 0.5) is 5.82 Å². The fourth-order valence-electron chi connectivity index (χ4n) is 3.84. The van der Waals surface area contributed by atoms with Gasteiger partial charge in [-0.1, -0.05) is 36.4 Å². The van der Waals surface area contributed by atoms with Gasteiger partial charge in [0.15, 0.2) is 5.82 Å². The molecular weight excluding hydrogens is 414 g/mol. The lowest BCUT2D eigenvalue weighted by molar-refractivity contribution is 0.102. The maximum atomic E-state index is 13.5. The Kier molecular flexibility index (Phi) is 4.92. The van der Waals surface area contributed by atoms with Crippen LogP contribution in [0.25, 0.3) is 27.8 Å².